The summed E-state index contributed by atoms with van der Waals surface area (Å²) in [5.41, 5.74) is -0.0565. The fourth-order valence-corrected chi connectivity index (χ4v) is 1.39. The van der Waals surface area contributed by atoms with Gasteiger partial charge in [0.2, 0.25) is 0 Å². The lowest BCUT2D eigenvalue weighted by Crippen LogP contribution is -2.31. The Hall–Kier alpha value is -1.59. The summed E-state index contributed by atoms with van der Waals surface area (Å²) >= 11 is 0. The summed E-state index contributed by atoms with van der Waals surface area (Å²) in [6, 6.07) is 3.40. The van der Waals surface area contributed by atoms with Gasteiger partial charge in [-0.05, 0) is 25.1 Å². The molecule has 0 aliphatic carbocycles. The fraction of sp³-hybridized carbons (Fsp3) is 0.364. The van der Waals surface area contributed by atoms with Crippen molar-refractivity contribution in [3.8, 4) is 0 Å². The average Bonchev–Trinajstić information content (AvgIpc) is 2.14. The van der Waals surface area contributed by atoms with Crippen LogP contribution in [-0.2, 0) is 0 Å². The third kappa shape index (κ3) is 3.72. The summed E-state index contributed by atoms with van der Waals surface area (Å²) < 4.78 is 49.8. The molecule has 0 fully saturated rings. The van der Waals surface area contributed by atoms with Gasteiger partial charge >= 0.3 is 6.18 Å². The van der Waals surface area contributed by atoms with Crippen LogP contribution in [0.2, 0.25) is 0 Å². The number of carbonyl (C=O) groups excluding carboxylic acids is 1. The van der Waals surface area contributed by atoms with Crippen molar-refractivity contribution in [2.24, 2.45) is 0 Å². The second-order valence-corrected chi connectivity index (χ2v) is 3.69. The molecule has 0 saturated heterocycles. The van der Waals surface area contributed by atoms with Crippen LogP contribution in [0.4, 0.5) is 23.2 Å². The number of nitrogens with zero attached hydrogens (tertiary/aromatic N) is 1. The number of anilines is 1. The molecule has 0 amide bonds. The largest absolute Gasteiger partial charge is 0.405 e. The average molecular weight is 249 g/mol. The number of hydrogen-bond donors (Lipinski definition) is 0. The molecule has 0 atom stereocenters. The van der Waals surface area contributed by atoms with Gasteiger partial charge in [0.05, 0.1) is 5.69 Å². The minimum atomic E-state index is -4.40. The predicted octanol–water partition coefficient (Wildman–Crippen LogP) is 3.03. The highest BCUT2D eigenvalue weighted by Crippen LogP contribution is 2.24. The van der Waals surface area contributed by atoms with Crippen LogP contribution in [0.1, 0.15) is 17.3 Å². The first-order chi connectivity index (χ1) is 7.70. The zero-order chi connectivity index (χ0) is 13.2. The topological polar surface area (TPSA) is 20.3 Å². The highest BCUT2D eigenvalue weighted by molar-refractivity contribution is 5.94. The molecule has 1 aromatic carbocycles. The van der Waals surface area contributed by atoms with Crippen molar-refractivity contribution >= 4 is 11.5 Å². The number of Topliss-reactive ketones (excluding diaryl/α,β-unsaturated/α-hetero) is 1. The number of hydrogen-bond acceptors (Lipinski definition) is 2. The third-order valence-electron chi connectivity index (χ3n) is 2.18. The maximum absolute atomic E-state index is 13.5. The number of benzene rings is 1. The Morgan fingerprint density at radius 1 is 1.35 bits per heavy atom. The molecule has 0 aliphatic heterocycles. The maximum atomic E-state index is 13.5. The molecule has 0 aromatic heterocycles. The van der Waals surface area contributed by atoms with Crippen molar-refractivity contribution in [1.29, 1.82) is 0 Å². The standard InChI is InChI=1S/C11H11F4NO/c1-7(17)8-3-4-10(9(12)5-8)16(2)6-11(13,14)15/h3-5H,6H2,1-2H3. The first kappa shape index (κ1) is 13.5. The van der Waals surface area contributed by atoms with Gasteiger partial charge < -0.3 is 4.90 Å². The molecule has 2 nitrogen and oxygen atoms in total. The van der Waals surface area contributed by atoms with Crippen LogP contribution in [0.15, 0.2) is 18.2 Å². The Bertz CT molecular complexity index is 428. The van der Waals surface area contributed by atoms with Crippen LogP contribution in [0.3, 0.4) is 0 Å². The monoisotopic (exact) mass is 249 g/mol. The predicted molar refractivity (Wildman–Crippen MR) is 55.7 cm³/mol. The lowest BCUT2D eigenvalue weighted by molar-refractivity contribution is -0.119. The highest BCUT2D eigenvalue weighted by Gasteiger charge is 2.30. The summed E-state index contributed by atoms with van der Waals surface area (Å²) in [7, 11) is 1.14. The van der Waals surface area contributed by atoms with Crippen LogP contribution in [0.5, 0.6) is 0 Å². The smallest absolute Gasteiger partial charge is 0.363 e. The van der Waals surface area contributed by atoms with E-state index in [0.29, 0.717) is 0 Å². The minimum Gasteiger partial charge on any atom is -0.363 e. The minimum absolute atomic E-state index is 0.131. The zero-order valence-electron chi connectivity index (χ0n) is 9.31. The van der Waals surface area contributed by atoms with E-state index < -0.39 is 18.5 Å². The number of rotatable bonds is 3. The molecular formula is C11H11F4NO. The maximum Gasteiger partial charge on any atom is 0.405 e. The summed E-state index contributed by atoms with van der Waals surface area (Å²) in [5.74, 6) is -1.18. The lowest BCUT2D eigenvalue weighted by Gasteiger charge is -2.21. The Morgan fingerprint density at radius 2 is 1.94 bits per heavy atom. The van der Waals surface area contributed by atoms with Gasteiger partial charge in [-0.1, -0.05) is 0 Å². The molecular weight excluding hydrogens is 238 g/mol. The van der Waals surface area contributed by atoms with E-state index in [0.717, 1.165) is 24.1 Å². The fourth-order valence-electron chi connectivity index (χ4n) is 1.39. The van der Waals surface area contributed by atoms with Crippen molar-refractivity contribution in [2.75, 3.05) is 18.5 Å². The van der Waals surface area contributed by atoms with Crippen LogP contribution in [-0.4, -0.2) is 25.6 Å². The van der Waals surface area contributed by atoms with Crippen LogP contribution in [0.25, 0.3) is 0 Å². The first-order valence-corrected chi connectivity index (χ1v) is 4.79. The van der Waals surface area contributed by atoms with E-state index in [-0.39, 0.29) is 17.0 Å². The van der Waals surface area contributed by atoms with Gasteiger partial charge in [-0.25, -0.2) is 4.39 Å². The molecule has 0 unspecified atom stereocenters. The summed E-state index contributed by atoms with van der Waals surface area (Å²) in [6.45, 7) is 0.0111. The molecule has 0 heterocycles. The lowest BCUT2D eigenvalue weighted by atomic mass is 10.1. The summed E-state index contributed by atoms with van der Waals surface area (Å²) in [6.07, 6.45) is -4.40. The molecule has 1 aromatic rings. The zero-order valence-corrected chi connectivity index (χ0v) is 9.31. The summed E-state index contributed by atoms with van der Waals surface area (Å²) in [4.78, 5) is 11.7. The van der Waals surface area contributed by atoms with Crippen molar-refractivity contribution in [2.45, 2.75) is 13.1 Å². The number of alkyl halides is 3. The Morgan fingerprint density at radius 3 is 2.35 bits per heavy atom. The van der Waals surface area contributed by atoms with E-state index in [4.69, 9.17) is 0 Å². The molecule has 0 N–H and O–H groups in total. The molecule has 0 saturated carbocycles. The van der Waals surface area contributed by atoms with Gasteiger partial charge in [-0.2, -0.15) is 13.2 Å². The summed E-state index contributed by atoms with van der Waals surface area (Å²) in [5, 5.41) is 0. The molecule has 0 bridgehead atoms. The second kappa shape index (κ2) is 4.73. The van der Waals surface area contributed by atoms with Gasteiger partial charge in [0, 0.05) is 12.6 Å². The molecule has 94 valence electrons. The third-order valence-corrected chi connectivity index (χ3v) is 2.18. The number of halogens is 4. The van der Waals surface area contributed by atoms with Crippen molar-refractivity contribution < 1.29 is 22.4 Å². The van der Waals surface area contributed by atoms with E-state index in [9.17, 15) is 22.4 Å². The van der Waals surface area contributed by atoms with Gasteiger partial charge in [-0.3, -0.25) is 4.79 Å². The van der Waals surface area contributed by atoms with Gasteiger partial charge in [0.25, 0.3) is 0 Å². The van der Waals surface area contributed by atoms with Gasteiger partial charge in [-0.15, -0.1) is 0 Å². The van der Waals surface area contributed by atoms with Crippen molar-refractivity contribution in [3.63, 3.8) is 0 Å². The molecule has 1 rings (SSSR count). The van der Waals surface area contributed by atoms with E-state index in [1.165, 1.54) is 13.0 Å². The van der Waals surface area contributed by atoms with Gasteiger partial charge in [0.15, 0.2) is 5.78 Å². The molecule has 0 aliphatic rings. The van der Waals surface area contributed by atoms with E-state index in [2.05, 4.69) is 0 Å². The van der Waals surface area contributed by atoms with Crippen LogP contribution >= 0.6 is 0 Å². The van der Waals surface area contributed by atoms with Crippen molar-refractivity contribution in [1.82, 2.24) is 0 Å². The SMILES string of the molecule is CC(=O)c1ccc(N(C)CC(F)(F)F)c(F)c1. The quantitative estimate of drug-likeness (QED) is 0.606. The Balaban J connectivity index is 2.96. The molecule has 0 spiro atoms. The van der Waals surface area contributed by atoms with Crippen molar-refractivity contribution in [3.05, 3.63) is 29.6 Å². The van der Waals surface area contributed by atoms with E-state index in [1.54, 1.807) is 0 Å². The van der Waals surface area contributed by atoms with Crippen LogP contribution in [0, 0.1) is 5.82 Å². The Kier molecular flexibility index (Phi) is 3.75. The van der Waals surface area contributed by atoms with Gasteiger partial charge in [0.1, 0.15) is 12.4 Å². The number of ketones is 1. The normalized spacial score (nSPS) is 11.4. The molecule has 0 radical (unpaired) electrons. The highest BCUT2D eigenvalue weighted by atomic mass is 19.4. The number of carbonyl (C=O) groups is 1. The molecule has 6 heteroatoms. The van der Waals surface area contributed by atoms with E-state index >= 15 is 0 Å². The van der Waals surface area contributed by atoms with Crippen LogP contribution < -0.4 is 4.90 Å². The molecule has 17 heavy (non-hydrogen) atoms. The Labute approximate surface area is 95.8 Å². The first-order valence-electron chi connectivity index (χ1n) is 4.79. The second-order valence-electron chi connectivity index (χ2n) is 3.69. The van der Waals surface area contributed by atoms with E-state index in [1.807, 2.05) is 0 Å².